The second kappa shape index (κ2) is 3.56. The van der Waals surface area contributed by atoms with E-state index in [1.54, 1.807) is 0 Å². The van der Waals surface area contributed by atoms with E-state index in [9.17, 15) is 13.6 Å². The molecule has 0 unspecified atom stereocenters. The predicted molar refractivity (Wildman–Crippen MR) is 46.2 cm³/mol. The number of hydrogen-bond donors (Lipinski definition) is 1. The van der Waals surface area contributed by atoms with Gasteiger partial charge in [-0.15, -0.1) is 0 Å². The second-order valence-electron chi connectivity index (χ2n) is 2.84. The molecule has 0 spiro atoms. The van der Waals surface area contributed by atoms with Crippen molar-refractivity contribution in [1.82, 2.24) is 15.4 Å². The molecule has 0 amide bonds. The quantitative estimate of drug-likeness (QED) is 0.758. The van der Waals surface area contributed by atoms with Gasteiger partial charge >= 0.3 is 0 Å². The number of aromatic nitrogens is 3. The predicted octanol–water partition coefficient (Wildman–Crippen LogP) is 1.31. The molecule has 15 heavy (non-hydrogen) atoms. The molecule has 76 valence electrons. The summed E-state index contributed by atoms with van der Waals surface area (Å²) in [5.41, 5.74) is -0.0820. The number of ketones is 1. The Balaban J connectivity index is 2.42. The molecule has 0 saturated heterocycles. The highest BCUT2D eigenvalue weighted by Crippen LogP contribution is 2.11. The molecule has 0 aliphatic heterocycles. The average molecular weight is 209 g/mol. The summed E-state index contributed by atoms with van der Waals surface area (Å²) in [6, 6.07) is 2.58. The smallest absolute Gasteiger partial charge is 0.215 e. The maximum absolute atomic E-state index is 12.8. The molecule has 0 fully saturated rings. The number of aromatic amines is 1. The van der Waals surface area contributed by atoms with Gasteiger partial charge in [0.25, 0.3) is 0 Å². The summed E-state index contributed by atoms with van der Waals surface area (Å²) in [5.74, 6) is -2.19. The zero-order valence-electron chi connectivity index (χ0n) is 7.37. The van der Waals surface area contributed by atoms with Crippen LogP contribution in [0.25, 0.3) is 0 Å². The van der Waals surface area contributed by atoms with Gasteiger partial charge in [0.2, 0.25) is 5.78 Å². The lowest BCUT2D eigenvalue weighted by atomic mass is 10.1. The van der Waals surface area contributed by atoms with E-state index in [1.807, 2.05) is 0 Å². The Bertz CT molecular complexity index is 476. The summed E-state index contributed by atoms with van der Waals surface area (Å²) < 4.78 is 25.6. The van der Waals surface area contributed by atoms with Gasteiger partial charge in [-0.05, 0) is 12.1 Å². The molecule has 1 aromatic heterocycles. The van der Waals surface area contributed by atoms with E-state index in [-0.39, 0.29) is 11.3 Å². The van der Waals surface area contributed by atoms with Crippen molar-refractivity contribution in [3.8, 4) is 0 Å². The van der Waals surface area contributed by atoms with Gasteiger partial charge in [0.05, 0.1) is 6.20 Å². The fourth-order valence-corrected chi connectivity index (χ4v) is 1.14. The Morgan fingerprint density at radius 1 is 1.20 bits per heavy atom. The van der Waals surface area contributed by atoms with Gasteiger partial charge in [0.15, 0.2) is 5.69 Å². The Morgan fingerprint density at radius 2 is 1.87 bits per heavy atom. The second-order valence-corrected chi connectivity index (χ2v) is 2.84. The molecule has 0 aliphatic rings. The minimum atomic E-state index is -0.804. The van der Waals surface area contributed by atoms with E-state index >= 15 is 0 Å². The molecule has 1 N–H and O–H groups in total. The van der Waals surface area contributed by atoms with Crippen LogP contribution in [-0.4, -0.2) is 21.2 Å². The van der Waals surface area contributed by atoms with Crippen LogP contribution in [0.3, 0.4) is 0 Å². The third kappa shape index (κ3) is 1.88. The van der Waals surface area contributed by atoms with Crippen molar-refractivity contribution < 1.29 is 13.6 Å². The van der Waals surface area contributed by atoms with Crippen molar-refractivity contribution in [3.05, 3.63) is 47.3 Å². The SMILES string of the molecule is O=C(c1cc(F)cc(F)c1)c1cn[nH]n1. The van der Waals surface area contributed by atoms with Crippen molar-refractivity contribution in [2.24, 2.45) is 0 Å². The summed E-state index contributed by atoms with van der Waals surface area (Å²) in [7, 11) is 0. The van der Waals surface area contributed by atoms with E-state index in [0.29, 0.717) is 6.07 Å². The highest BCUT2D eigenvalue weighted by Gasteiger charge is 2.13. The van der Waals surface area contributed by atoms with Crippen molar-refractivity contribution in [1.29, 1.82) is 0 Å². The molecular formula is C9H5F2N3O. The number of benzene rings is 1. The molecule has 0 saturated carbocycles. The number of carbonyl (C=O) groups excluding carboxylic acids is 1. The van der Waals surface area contributed by atoms with E-state index in [1.165, 1.54) is 6.20 Å². The molecule has 0 bridgehead atoms. The number of halogens is 2. The van der Waals surface area contributed by atoms with Crippen molar-refractivity contribution in [2.45, 2.75) is 0 Å². The Labute approximate surface area is 82.9 Å². The molecule has 2 aromatic rings. The number of rotatable bonds is 2. The molecular weight excluding hydrogens is 204 g/mol. The van der Waals surface area contributed by atoms with E-state index in [2.05, 4.69) is 15.4 Å². The molecule has 0 aliphatic carbocycles. The van der Waals surface area contributed by atoms with Crippen molar-refractivity contribution in [2.75, 3.05) is 0 Å². The normalized spacial score (nSPS) is 10.3. The highest BCUT2D eigenvalue weighted by molar-refractivity contribution is 6.07. The summed E-state index contributed by atoms with van der Waals surface area (Å²) in [5, 5.41) is 9.19. The molecule has 0 atom stereocenters. The van der Waals surface area contributed by atoms with Crippen LogP contribution < -0.4 is 0 Å². The van der Waals surface area contributed by atoms with E-state index < -0.39 is 17.4 Å². The average Bonchev–Trinajstić information content (AvgIpc) is 2.67. The molecule has 2 rings (SSSR count). The maximum atomic E-state index is 12.8. The van der Waals surface area contributed by atoms with Gasteiger partial charge in [-0.3, -0.25) is 4.79 Å². The van der Waals surface area contributed by atoms with Gasteiger partial charge < -0.3 is 0 Å². The standard InChI is InChI=1S/C9H5F2N3O/c10-6-1-5(2-7(11)3-6)9(15)8-4-12-14-13-8/h1-4H,(H,12,13,14). The first-order valence-corrected chi connectivity index (χ1v) is 4.03. The van der Waals surface area contributed by atoms with Crippen LogP contribution in [0.15, 0.2) is 24.4 Å². The Morgan fingerprint density at radius 3 is 2.40 bits per heavy atom. The maximum Gasteiger partial charge on any atom is 0.215 e. The van der Waals surface area contributed by atoms with Gasteiger partial charge in [-0.2, -0.15) is 15.4 Å². The molecule has 0 radical (unpaired) electrons. The number of carbonyl (C=O) groups is 1. The lowest BCUT2D eigenvalue weighted by molar-refractivity contribution is 0.103. The van der Waals surface area contributed by atoms with Crippen LogP contribution >= 0.6 is 0 Å². The summed E-state index contributed by atoms with van der Waals surface area (Å²) >= 11 is 0. The van der Waals surface area contributed by atoms with Gasteiger partial charge in [0.1, 0.15) is 11.6 Å². The Hall–Kier alpha value is -2.11. The fourth-order valence-electron chi connectivity index (χ4n) is 1.14. The summed E-state index contributed by atoms with van der Waals surface area (Å²) in [6.07, 6.45) is 1.19. The first kappa shape index (κ1) is 9.45. The first-order chi connectivity index (χ1) is 7.16. The van der Waals surface area contributed by atoms with Gasteiger partial charge in [0, 0.05) is 11.6 Å². The monoisotopic (exact) mass is 209 g/mol. The van der Waals surface area contributed by atoms with Crippen LogP contribution in [-0.2, 0) is 0 Å². The van der Waals surface area contributed by atoms with Gasteiger partial charge in [-0.25, -0.2) is 8.78 Å². The van der Waals surface area contributed by atoms with Gasteiger partial charge in [-0.1, -0.05) is 0 Å². The van der Waals surface area contributed by atoms with Crippen LogP contribution in [0, 0.1) is 11.6 Å². The molecule has 6 heteroatoms. The first-order valence-electron chi connectivity index (χ1n) is 4.03. The third-order valence-corrected chi connectivity index (χ3v) is 1.77. The van der Waals surface area contributed by atoms with Crippen LogP contribution in [0.1, 0.15) is 16.1 Å². The number of hydrogen-bond acceptors (Lipinski definition) is 3. The largest absolute Gasteiger partial charge is 0.287 e. The lowest BCUT2D eigenvalue weighted by Crippen LogP contribution is -2.03. The van der Waals surface area contributed by atoms with Crippen molar-refractivity contribution >= 4 is 5.78 Å². The zero-order chi connectivity index (χ0) is 10.8. The summed E-state index contributed by atoms with van der Waals surface area (Å²) in [6.45, 7) is 0. The Kier molecular flexibility index (Phi) is 2.24. The number of nitrogens with zero attached hydrogens (tertiary/aromatic N) is 2. The fraction of sp³-hybridized carbons (Fsp3) is 0. The van der Waals surface area contributed by atoms with Crippen LogP contribution in [0.5, 0.6) is 0 Å². The van der Waals surface area contributed by atoms with Crippen LogP contribution in [0.2, 0.25) is 0 Å². The number of nitrogens with one attached hydrogen (secondary N) is 1. The topological polar surface area (TPSA) is 58.6 Å². The lowest BCUT2D eigenvalue weighted by Gasteiger charge is -1.97. The molecule has 4 nitrogen and oxygen atoms in total. The minimum absolute atomic E-state index is 0.0139. The zero-order valence-corrected chi connectivity index (χ0v) is 7.37. The molecule has 1 aromatic carbocycles. The molecule has 1 heterocycles. The van der Waals surface area contributed by atoms with Crippen molar-refractivity contribution in [3.63, 3.8) is 0 Å². The third-order valence-electron chi connectivity index (χ3n) is 1.77. The van der Waals surface area contributed by atoms with E-state index in [0.717, 1.165) is 12.1 Å². The summed E-state index contributed by atoms with van der Waals surface area (Å²) in [4.78, 5) is 11.6. The number of H-pyrrole nitrogens is 1. The van der Waals surface area contributed by atoms with E-state index in [4.69, 9.17) is 0 Å². The van der Waals surface area contributed by atoms with Crippen LogP contribution in [0.4, 0.5) is 8.78 Å². The highest BCUT2D eigenvalue weighted by atomic mass is 19.1. The minimum Gasteiger partial charge on any atom is -0.287 e.